The largest absolute Gasteiger partial charge is 0.493 e. The second-order valence-corrected chi connectivity index (χ2v) is 6.04. The molecule has 0 bridgehead atoms. The predicted molar refractivity (Wildman–Crippen MR) is 107 cm³/mol. The number of carbonyl (C=O) groups excluding carboxylic acids is 1. The minimum Gasteiger partial charge on any atom is -0.493 e. The second-order valence-electron chi connectivity index (χ2n) is 6.04. The van der Waals surface area contributed by atoms with Gasteiger partial charge in [-0.3, -0.25) is 4.79 Å². The minimum absolute atomic E-state index is 0.0288. The van der Waals surface area contributed by atoms with Crippen molar-refractivity contribution in [2.24, 2.45) is 0 Å². The van der Waals surface area contributed by atoms with Crippen molar-refractivity contribution in [3.05, 3.63) is 12.1 Å². The van der Waals surface area contributed by atoms with Crippen LogP contribution in [-0.4, -0.2) is 62.8 Å². The Labute approximate surface area is 172 Å². The number of nitrogens with two attached hydrogens (primary N) is 1. The first-order valence-electron chi connectivity index (χ1n) is 11.6. The number of amides is 1. The summed E-state index contributed by atoms with van der Waals surface area (Å²) in [6.45, 7) is -5.79. The number of carbonyl (C=O) groups is 1. The van der Waals surface area contributed by atoms with Crippen molar-refractivity contribution in [3.8, 4) is 11.5 Å². The average Bonchev–Trinajstić information content (AvgIpc) is 3.32. The maximum Gasteiger partial charge on any atom is 0.249 e. The van der Waals surface area contributed by atoms with Crippen molar-refractivity contribution in [2.45, 2.75) is 25.3 Å². The highest BCUT2D eigenvalue weighted by Crippen LogP contribution is 2.33. The molecule has 1 unspecified atom stereocenters. The van der Waals surface area contributed by atoms with Crippen molar-refractivity contribution >= 4 is 28.6 Å². The van der Waals surface area contributed by atoms with E-state index in [0.717, 1.165) is 11.9 Å². The number of nitrogens with zero attached hydrogens (tertiary/aromatic N) is 3. The van der Waals surface area contributed by atoms with E-state index in [-0.39, 0.29) is 17.3 Å². The predicted octanol–water partition coefficient (Wildman–Crippen LogP) is 1.35. The van der Waals surface area contributed by atoms with Crippen LogP contribution in [0.4, 0.5) is 11.8 Å². The number of nitrogens with one attached hydrogen (secondary N) is 1. The lowest BCUT2D eigenvalue weighted by Crippen LogP contribution is -2.36. The molecule has 0 aliphatic carbocycles. The number of anilines is 2. The van der Waals surface area contributed by atoms with Gasteiger partial charge in [-0.1, -0.05) is 0 Å². The third-order valence-electron chi connectivity index (χ3n) is 4.21. The molecule has 1 amide bonds. The fraction of sp³-hybridized carbons (Fsp3) is 0.526. The molecule has 1 aromatic heterocycles. The average molecular weight is 395 g/mol. The van der Waals surface area contributed by atoms with E-state index < -0.39 is 31.4 Å². The summed E-state index contributed by atoms with van der Waals surface area (Å²) in [6, 6.07) is 3.06. The van der Waals surface area contributed by atoms with Gasteiger partial charge in [-0.15, -0.1) is 0 Å². The van der Waals surface area contributed by atoms with Crippen LogP contribution in [0.15, 0.2) is 12.1 Å². The normalized spacial score (nSPS) is 20.9. The summed E-state index contributed by atoms with van der Waals surface area (Å²) in [7, 11) is 4.05. The van der Waals surface area contributed by atoms with Crippen LogP contribution in [0, 0.1) is 0 Å². The SMILES string of the molecule is [2H]C([2H])(NC(=O)C1CCCO1)C([2H])([2H])C([2H])([2H])N(C)c1nc(N)c2cc(OC)c(OC)cc2n1. The molecule has 1 aliphatic heterocycles. The van der Waals surface area contributed by atoms with E-state index in [1.54, 1.807) is 6.07 Å². The summed E-state index contributed by atoms with van der Waals surface area (Å²) in [5.41, 5.74) is 6.32. The van der Waals surface area contributed by atoms with Gasteiger partial charge in [0.2, 0.25) is 11.9 Å². The molecule has 1 aromatic carbocycles. The fourth-order valence-electron chi connectivity index (χ4n) is 2.74. The van der Waals surface area contributed by atoms with Gasteiger partial charge in [0.05, 0.1) is 19.7 Å². The topological polar surface area (TPSA) is 112 Å². The van der Waals surface area contributed by atoms with Gasteiger partial charge < -0.3 is 30.2 Å². The Balaban J connectivity index is 1.96. The Morgan fingerprint density at radius 3 is 2.82 bits per heavy atom. The lowest BCUT2D eigenvalue weighted by molar-refractivity contribution is -0.130. The number of fused-ring (bicyclic) bond motifs is 1. The summed E-state index contributed by atoms with van der Waals surface area (Å²) in [5.74, 6) is -0.454. The summed E-state index contributed by atoms with van der Waals surface area (Å²) < 4.78 is 65.5. The van der Waals surface area contributed by atoms with Crippen LogP contribution in [0.3, 0.4) is 0 Å². The number of nitrogen functional groups attached to an aromatic ring is 1. The maximum absolute atomic E-state index is 12.3. The minimum atomic E-state index is -3.26. The van der Waals surface area contributed by atoms with E-state index >= 15 is 0 Å². The first-order valence-corrected chi connectivity index (χ1v) is 8.63. The summed E-state index contributed by atoms with van der Waals surface area (Å²) in [6.07, 6.45) is -3.18. The Bertz CT molecular complexity index is 1080. The van der Waals surface area contributed by atoms with Crippen molar-refractivity contribution in [2.75, 3.05) is 51.5 Å². The van der Waals surface area contributed by atoms with E-state index in [2.05, 4.69) is 9.97 Å². The molecule has 28 heavy (non-hydrogen) atoms. The van der Waals surface area contributed by atoms with Gasteiger partial charge in [0.15, 0.2) is 11.5 Å². The Hall–Kier alpha value is -2.81. The van der Waals surface area contributed by atoms with Crippen molar-refractivity contribution in [3.63, 3.8) is 0 Å². The second kappa shape index (κ2) is 8.92. The number of hydrogen-bond donors (Lipinski definition) is 2. The van der Waals surface area contributed by atoms with Crippen molar-refractivity contribution in [1.82, 2.24) is 15.3 Å². The third-order valence-corrected chi connectivity index (χ3v) is 4.21. The number of benzene rings is 1. The molecule has 9 nitrogen and oxygen atoms in total. The summed E-state index contributed by atoms with van der Waals surface area (Å²) in [5, 5.41) is 2.35. The zero-order chi connectivity index (χ0) is 25.5. The van der Waals surface area contributed by atoms with Gasteiger partial charge in [-0.25, -0.2) is 4.98 Å². The van der Waals surface area contributed by atoms with Gasteiger partial charge in [0.1, 0.15) is 11.9 Å². The van der Waals surface area contributed by atoms with Gasteiger partial charge in [0, 0.05) is 46.3 Å². The van der Waals surface area contributed by atoms with E-state index in [9.17, 15) is 4.79 Å². The molecule has 152 valence electrons. The fourth-order valence-corrected chi connectivity index (χ4v) is 2.74. The molecule has 2 heterocycles. The Morgan fingerprint density at radius 2 is 2.14 bits per heavy atom. The van der Waals surface area contributed by atoms with Crippen molar-refractivity contribution < 1.29 is 27.2 Å². The molecule has 2 aromatic rings. The highest BCUT2D eigenvalue weighted by molar-refractivity contribution is 5.91. The van der Waals surface area contributed by atoms with Crippen molar-refractivity contribution in [1.29, 1.82) is 0 Å². The quantitative estimate of drug-likeness (QED) is 0.689. The number of aromatic nitrogens is 2. The number of methoxy groups -OCH3 is 2. The van der Waals surface area contributed by atoms with E-state index in [1.165, 1.54) is 20.3 Å². The molecule has 9 heteroatoms. The molecule has 3 rings (SSSR count). The maximum atomic E-state index is 12.3. The first kappa shape index (κ1) is 13.4. The highest BCUT2D eigenvalue weighted by atomic mass is 16.5. The van der Waals surface area contributed by atoms with Crippen LogP contribution in [0.1, 0.15) is 27.4 Å². The zero-order valence-corrected chi connectivity index (χ0v) is 15.9. The van der Waals surface area contributed by atoms with Crippen LogP contribution in [-0.2, 0) is 9.53 Å². The molecule has 1 saturated heterocycles. The molecule has 3 N–H and O–H groups in total. The number of ether oxygens (including phenoxy) is 3. The molecule has 0 saturated carbocycles. The molecule has 1 fully saturated rings. The lowest BCUT2D eigenvalue weighted by atomic mass is 10.2. The molecule has 0 spiro atoms. The van der Waals surface area contributed by atoms with Crippen LogP contribution in [0.5, 0.6) is 11.5 Å². The summed E-state index contributed by atoms with van der Waals surface area (Å²) >= 11 is 0. The Kier molecular flexibility index (Phi) is 4.26. The highest BCUT2D eigenvalue weighted by Gasteiger charge is 2.22. The van der Waals surface area contributed by atoms with E-state index in [0.29, 0.717) is 36.3 Å². The standard InChI is InChI=1S/C19H27N5O4/c1-24(8-5-7-21-18(25)14-6-4-9-28-14)19-22-13-11-16(27-3)15(26-2)10-12(13)17(20)23-19/h10-11,14H,4-9H2,1-3H3,(H,21,25)(H2,20,22,23)/i5D2,7D2,8D2. The molecular formula is C19H27N5O4. The number of rotatable bonds is 8. The van der Waals surface area contributed by atoms with Crippen LogP contribution in [0.25, 0.3) is 10.9 Å². The van der Waals surface area contributed by atoms with Crippen LogP contribution >= 0.6 is 0 Å². The molecule has 0 radical (unpaired) electrons. The third kappa shape index (κ3) is 4.36. The molecule has 1 atom stereocenters. The zero-order valence-electron chi connectivity index (χ0n) is 21.9. The number of hydrogen-bond acceptors (Lipinski definition) is 8. The lowest BCUT2D eigenvalue weighted by Gasteiger charge is -2.19. The first-order chi connectivity index (χ1) is 15.8. The van der Waals surface area contributed by atoms with Gasteiger partial charge >= 0.3 is 0 Å². The monoisotopic (exact) mass is 395 g/mol. The van der Waals surface area contributed by atoms with E-state index in [4.69, 9.17) is 28.2 Å². The molecule has 1 aliphatic rings. The van der Waals surface area contributed by atoms with Gasteiger partial charge in [-0.2, -0.15) is 4.98 Å². The van der Waals surface area contributed by atoms with E-state index in [1.807, 2.05) is 5.32 Å². The van der Waals surface area contributed by atoms with Crippen LogP contribution < -0.4 is 25.4 Å². The van der Waals surface area contributed by atoms with Crippen LogP contribution in [0.2, 0.25) is 0 Å². The summed E-state index contributed by atoms with van der Waals surface area (Å²) in [4.78, 5) is 21.4. The molecular weight excluding hydrogens is 362 g/mol. The van der Waals surface area contributed by atoms with Gasteiger partial charge in [0.25, 0.3) is 0 Å². The van der Waals surface area contributed by atoms with Gasteiger partial charge in [-0.05, 0) is 25.3 Å². The Morgan fingerprint density at radius 1 is 1.39 bits per heavy atom. The smallest absolute Gasteiger partial charge is 0.249 e.